The number of aromatic nitrogens is 2. The molecular formula is C31H35N5O5S2. The van der Waals surface area contributed by atoms with E-state index in [-0.39, 0.29) is 16.1 Å². The van der Waals surface area contributed by atoms with Crippen LogP contribution in [0.2, 0.25) is 0 Å². The third-order valence-corrected chi connectivity index (χ3v) is 9.27. The monoisotopic (exact) mass is 621 g/mol. The zero-order valence-electron chi connectivity index (χ0n) is 24.4. The number of thioether (sulfide) groups is 1. The van der Waals surface area contributed by atoms with E-state index in [1.807, 2.05) is 53.6 Å². The number of nitrogens with zero attached hydrogens (tertiary/aromatic N) is 3. The maximum Gasteiger partial charge on any atom is 0.293 e. The zero-order chi connectivity index (χ0) is 31.0. The number of anilines is 1. The second-order valence-electron chi connectivity index (χ2n) is 10.0. The SMILES string of the molecule is CCCCCn1nc(C)c(-c2ccc(C(=O)NS(=O)(=O)c3ccc(NCCSc4ccccc4)c([N+](=O)[O-])c3)cc2)c1C. The van der Waals surface area contributed by atoms with Gasteiger partial charge in [0.2, 0.25) is 0 Å². The fraction of sp³-hybridized carbons (Fsp3) is 0.290. The Kier molecular flexibility index (Phi) is 10.6. The van der Waals surface area contributed by atoms with Crippen LogP contribution >= 0.6 is 11.8 Å². The second-order valence-corrected chi connectivity index (χ2v) is 12.9. The smallest absolute Gasteiger partial charge is 0.293 e. The standard InChI is InChI=1S/C31H35N5O5S2/c1-4-5-9-19-35-23(3)30(22(2)33-35)24-12-14-25(15-13-24)31(37)34-43(40,41)27-16-17-28(29(21-27)36(38)39)32-18-20-42-26-10-7-6-8-11-26/h6-8,10-17,21,32H,4-5,9,18-20H2,1-3H3,(H,34,37). The van der Waals surface area contributed by atoms with Crippen molar-refractivity contribution in [2.75, 3.05) is 17.6 Å². The summed E-state index contributed by atoms with van der Waals surface area (Å²) in [5, 5.41) is 19.4. The lowest BCUT2D eigenvalue weighted by molar-refractivity contribution is -0.384. The van der Waals surface area contributed by atoms with Crippen molar-refractivity contribution in [3.05, 3.63) is 99.9 Å². The number of nitro groups is 1. The Morgan fingerprint density at radius 1 is 1.02 bits per heavy atom. The van der Waals surface area contributed by atoms with E-state index in [1.54, 1.807) is 36.0 Å². The number of unbranched alkanes of at least 4 members (excludes halogenated alkanes) is 2. The van der Waals surface area contributed by atoms with Gasteiger partial charge in [-0.1, -0.05) is 50.1 Å². The molecule has 226 valence electrons. The molecule has 1 aromatic heterocycles. The minimum atomic E-state index is -4.37. The van der Waals surface area contributed by atoms with Crippen molar-refractivity contribution in [3.8, 4) is 11.1 Å². The molecule has 1 amide bonds. The van der Waals surface area contributed by atoms with Crippen molar-refractivity contribution in [1.82, 2.24) is 14.5 Å². The molecule has 0 radical (unpaired) electrons. The molecule has 3 aromatic carbocycles. The Morgan fingerprint density at radius 3 is 2.42 bits per heavy atom. The van der Waals surface area contributed by atoms with E-state index in [4.69, 9.17) is 0 Å². The van der Waals surface area contributed by atoms with E-state index < -0.39 is 26.5 Å². The summed E-state index contributed by atoms with van der Waals surface area (Å²) < 4.78 is 30.1. The van der Waals surface area contributed by atoms with E-state index in [2.05, 4.69) is 17.3 Å². The van der Waals surface area contributed by atoms with Crippen molar-refractivity contribution < 1.29 is 18.1 Å². The van der Waals surface area contributed by atoms with Crippen LogP contribution in [-0.4, -0.2) is 41.3 Å². The quantitative estimate of drug-likeness (QED) is 0.0697. The van der Waals surface area contributed by atoms with Crippen LogP contribution in [0.1, 0.15) is 47.9 Å². The molecule has 2 N–H and O–H groups in total. The molecule has 1 heterocycles. The Labute approximate surface area is 256 Å². The van der Waals surface area contributed by atoms with E-state index in [1.165, 1.54) is 12.1 Å². The molecule has 43 heavy (non-hydrogen) atoms. The number of carbonyl (C=O) groups excluding carboxylic acids is 1. The highest BCUT2D eigenvalue weighted by atomic mass is 32.2. The summed E-state index contributed by atoms with van der Waals surface area (Å²) >= 11 is 1.59. The van der Waals surface area contributed by atoms with Crippen LogP contribution in [0.3, 0.4) is 0 Å². The molecule has 0 fully saturated rings. The number of nitrogens with one attached hydrogen (secondary N) is 2. The Bertz CT molecular complexity index is 1690. The van der Waals surface area contributed by atoms with Gasteiger partial charge in [0.25, 0.3) is 21.6 Å². The Balaban J connectivity index is 1.43. The number of rotatable bonds is 14. The first-order chi connectivity index (χ1) is 20.6. The van der Waals surface area contributed by atoms with Gasteiger partial charge in [0.15, 0.2) is 0 Å². The van der Waals surface area contributed by atoms with Gasteiger partial charge in [0.05, 0.1) is 15.5 Å². The molecule has 0 aliphatic carbocycles. The van der Waals surface area contributed by atoms with Crippen LogP contribution in [-0.2, 0) is 16.6 Å². The van der Waals surface area contributed by atoms with Gasteiger partial charge in [-0.3, -0.25) is 19.6 Å². The van der Waals surface area contributed by atoms with Gasteiger partial charge >= 0.3 is 0 Å². The molecule has 4 aromatic rings. The molecule has 10 nitrogen and oxygen atoms in total. The molecule has 0 bridgehead atoms. The number of hydrogen-bond donors (Lipinski definition) is 2. The van der Waals surface area contributed by atoms with E-state index in [0.717, 1.165) is 59.3 Å². The summed E-state index contributed by atoms with van der Waals surface area (Å²) in [4.78, 5) is 24.7. The summed E-state index contributed by atoms with van der Waals surface area (Å²) in [7, 11) is -4.37. The molecule has 12 heteroatoms. The van der Waals surface area contributed by atoms with Gasteiger partial charge < -0.3 is 5.32 Å². The highest BCUT2D eigenvalue weighted by molar-refractivity contribution is 7.99. The molecule has 0 aliphatic heterocycles. The Hall–Kier alpha value is -4.16. The lowest BCUT2D eigenvalue weighted by Gasteiger charge is -2.11. The van der Waals surface area contributed by atoms with E-state index in [0.29, 0.717) is 12.3 Å². The highest BCUT2D eigenvalue weighted by Gasteiger charge is 2.24. The fourth-order valence-corrected chi connectivity index (χ4v) is 6.51. The second kappa shape index (κ2) is 14.3. The average Bonchev–Trinajstić information content (AvgIpc) is 3.27. The van der Waals surface area contributed by atoms with E-state index >= 15 is 0 Å². The summed E-state index contributed by atoms with van der Waals surface area (Å²) in [5.74, 6) is -0.186. The molecule has 0 spiro atoms. The molecule has 4 rings (SSSR count). The lowest BCUT2D eigenvalue weighted by Crippen LogP contribution is -2.30. The van der Waals surface area contributed by atoms with Crippen molar-refractivity contribution in [2.45, 2.75) is 56.4 Å². The van der Waals surface area contributed by atoms with E-state index in [9.17, 15) is 23.3 Å². The number of hydrogen-bond acceptors (Lipinski definition) is 8. The Morgan fingerprint density at radius 2 is 1.74 bits per heavy atom. The molecule has 0 aliphatic rings. The number of amides is 1. The summed E-state index contributed by atoms with van der Waals surface area (Å²) in [6.45, 7) is 7.37. The third-order valence-electron chi connectivity index (χ3n) is 6.92. The predicted octanol–water partition coefficient (Wildman–Crippen LogP) is 6.59. The molecule has 0 saturated carbocycles. The number of nitro benzene ring substituents is 1. The number of aryl methyl sites for hydroxylation is 2. The van der Waals surface area contributed by atoms with Gasteiger partial charge in [0.1, 0.15) is 5.69 Å². The zero-order valence-corrected chi connectivity index (χ0v) is 26.0. The van der Waals surface area contributed by atoms with Crippen molar-refractivity contribution >= 4 is 39.1 Å². The molecular weight excluding hydrogens is 587 g/mol. The van der Waals surface area contributed by atoms with Crippen molar-refractivity contribution in [1.29, 1.82) is 0 Å². The topological polar surface area (TPSA) is 136 Å². The van der Waals surface area contributed by atoms with Crippen molar-refractivity contribution in [3.63, 3.8) is 0 Å². The summed E-state index contributed by atoms with van der Waals surface area (Å²) in [6, 6.07) is 19.9. The van der Waals surface area contributed by atoms with Crippen LogP contribution in [0, 0.1) is 24.0 Å². The normalized spacial score (nSPS) is 11.3. The minimum absolute atomic E-state index is 0.140. The van der Waals surface area contributed by atoms with Crippen LogP contribution in [0.25, 0.3) is 11.1 Å². The van der Waals surface area contributed by atoms with Crippen LogP contribution in [0.15, 0.2) is 82.6 Å². The number of benzene rings is 3. The van der Waals surface area contributed by atoms with Crippen molar-refractivity contribution in [2.24, 2.45) is 0 Å². The first-order valence-electron chi connectivity index (χ1n) is 14.0. The number of sulfonamides is 1. The maximum atomic E-state index is 13.0. The molecule has 0 atom stereocenters. The van der Waals surface area contributed by atoms with Gasteiger partial charge in [-0.2, -0.15) is 5.10 Å². The fourth-order valence-electron chi connectivity index (χ4n) is 4.72. The average molecular weight is 622 g/mol. The first-order valence-corrected chi connectivity index (χ1v) is 16.5. The van der Waals surface area contributed by atoms with Gasteiger partial charge in [-0.25, -0.2) is 13.1 Å². The third kappa shape index (κ3) is 8.02. The van der Waals surface area contributed by atoms with Crippen LogP contribution in [0.5, 0.6) is 0 Å². The van der Waals surface area contributed by atoms with Crippen LogP contribution in [0.4, 0.5) is 11.4 Å². The number of carbonyl (C=O) groups is 1. The van der Waals surface area contributed by atoms with Crippen LogP contribution < -0.4 is 10.0 Å². The molecule has 0 unspecified atom stereocenters. The molecule has 0 saturated heterocycles. The minimum Gasteiger partial charge on any atom is -0.379 e. The largest absolute Gasteiger partial charge is 0.379 e. The van der Waals surface area contributed by atoms with Gasteiger partial charge in [-0.15, -0.1) is 11.8 Å². The van der Waals surface area contributed by atoms with Gasteiger partial charge in [-0.05, 0) is 62.2 Å². The summed E-state index contributed by atoms with van der Waals surface area (Å²) in [5.41, 5.74) is 3.70. The highest BCUT2D eigenvalue weighted by Crippen LogP contribution is 2.29. The maximum absolute atomic E-state index is 13.0. The predicted molar refractivity (Wildman–Crippen MR) is 170 cm³/mol. The lowest BCUT2D eigenvalue weighted by atomic mass is 10.0. The van der Waals surface area contributed by atoms with Gasteiger partial charge in [0, 0.05) is 46.6 Å². The summed E-state index contributed by atoms with van der Waals surface area (Å²) in [6.07, 6.45) is 3.30. The first kappa shape index (κ1) is 31.8.